The number of nitrogens with zero attached hydrogens (tertiary/aromatic N) is 4. The van der Waals surface area contributed by atoms with Gasteiger partial charge in [0.25, 0.3) is 11.8 Å². The number of ether oxygens (including phenoxy) is 4. The predicted molar refractivity (Wildman–Crippen MR) is 160 cm³/mol. The van der Waals surface area contributed by atoms with Gasteiger partial charge in [-0.2, -0.15) is 13.2 Å². The third kappa shape index (κ3) is 12.4. The molecule has 18 heteroatoms. The van der Waals surface area contributed by atoms with Crippen LogP contribution in [-0.2, 0) is 20.8 Å². The fraction of sp³-hybridized carbons (Fsp3) is 0.467. The van der Waals surface area contributed by atoms with Crippen LogP contribution in [0.3, 0.4) is 0 Å². The third-order valence-electron chi connectivity index (χ3n) is 6.54. The van der Waals surface area contributed by atoms with Crippen LogP contribution in [0.25, 0.3) is 5.69 Å². The second-order valence-corrected chi connectivity index (χ2v) is 10.1. The molecule has 0 aliphatic carbocycles. The van der Waals surface area contributed by atoms with Crippen LogP contribution in [0.15, 0.2) is 42.7 Å². The number of carbonyl (C=O) groups excluding carboxylic acids is 2. The summed E-state index contributed by atoms with van der Waals surface area (Å²) in [6.45, 7) is 4.30. The third-order valence-corrected chi connectivity index (χ3v) is 6.54. The van der Waals surface area contributed by atoms with E-state index in [9.17, 15) is 27.2 Å². The average molecular weight is 685 g/mol. The number of aliphatic carboxylic acids is 1. The molecule has 1 saturated heterocycles. The number of carboxylic acids is 1. The largest absolute Gasteiger partial charge is 0.490 e. The molecule has 0 atom stereocenters. The molecule has 262 valence electrons. The maximum atomic E-state index is 12.8. The van der Waals surface area contributed by atoms with Crippen molar-refractivity contribution in [2.24, 2.45) is 5.92 Å². The number of hydrogen-bond donors (Lipinski definition) is 3. The van der Waals surface area contributed by atoms with Gasteiger partial charge in [-0.15, -0.1) is 5.10 Å². The molecule has 3 aromatic rings. The highest BCUT2D eigenvalue weighted by Crippen LogP contribution is 2.25. The number of hydrogen-bond acceptors (Lipinski definition) is 10. The lowest BCUT2D eigenvalue weighted by molar-refractivity contribution is -0.192. The minimum Gasteiger partial charge on any atom is -0.489 e. The van der Waals surface area contributed by atoms with E-state index in [0.29, 0.717) is 41.9 Å². The Balaban J connectivity index is 0.000000804. The van der Waals surface area contributed by atoms with Gasteiger partial charge in [0.2, 0.25) is 5.88 Å². The van der Waals surface area contributed by atoms with Crippen molar-refractivity contribution >= 4 is 17.8 Å². The van der Waals surface area contributed by atoms with E-state index in [1.807, 2.05) is 6.92 Å². The molecule has 14 nitrogen and oxygen atoms in total. The van der Waals surface area contributed by atoms with E-state index >= 15 is 0 Å². The predicted octanol–water partition coefficient (Wildman–Crippen LogP) is 3.15. The number of amides is 2. The van der Waals surface area contributed by atoms with Crippen molar-refractivity contribution in [1.29, 1.82) is 0 Å². The summed E-state index contributed by atoms with van der Waals surface area (Å²) in [5, 5.41) is 20.8. The molecule has 2 aromatic heterocycles. The first-order valence-electron chi connectivity index (χ1n) is 14.9. The van der Waals surface area contributed by atoms with Crippen molar-refractivity contribution in [1.82, 2.24) is 30.6 Å². The fourth-order valence-corrected chi connectivity index (χ4v) is 4.10. The highest BCUT2D eigenvalue weighted by molar-refractivity contribution is 5.95. The minimum absolute atomic E-state index is 0.0269. The van der Waals surface area contributed by atoms with Crippen molar-refractivity contribution < 1.29 is 56.0 Å². The number of benzene rings is 1. The van der Waals surface area contributed by atoms with Gasteiger partial charge < -0.3 is 34.7 Å². The van der Waals surface area contributed by atoms with Crippen molar-refractivity contribution in [2.45, 2.75) is 32.5 Å². The van der Waals surface area contributed by atoms with Gasteiger partial charge in [-0.05, 0) is 55.5 Å². The summed E-state index contributed by atoms with van der Waals surface area (Å²) in [6, 6.07) is 8.45. The monoisotopic (exact) mass is 684 g/mol. The molecule has 1 fully saturated rings. The first-order chi connectivity index (χ1) is 23.0. The Hall–Kier alpha value is -4.84. The molecule has 2 amide bonds. The van der Waals surface area contributed by atoms with Crippen molar-refractivity contribution in [3.8, 4) is 17.3 Å². The first-order valence-corrected chi connectivity index (χ1v) is 14.9. The average Bonchev–Trinajstić information content (AvgIpc) is 3.57. The van der Waals surface area contributed by atoms with Crippen LogP contribution in [0.5, 0.6) is 11.6 Å². The number of alkyl halides is 4. The molecular weight excluding hydrogens is 648 g/mol. The van der Waals surface area contributed by atoms with Gasteiger partial charge >= 0.3 is 12.1 Å². The SMILES string of the molecule is CCNC(=O)c1ccc(-n2cc(C(=O)NCc3ccnc(OCC4CCOCC4)c3)nn2)c(OCCOCCF)c1.O=C(O)C(F)(F)F. The lowest BCUT2D eigenvalue weighted by Crippen LogP contribution is -2.23. The number of carboxylic acid groups (broad SMARTS) is 1. The standard InChI is InChI=1S/C28H35FN6O6.C2HF3O2/c1-2-30-27(36)22-3-4-24(25(16-22)40-14-13-39-12-8-29)35-18-23(33-34-35)28(37)32-17-21-5-9-31-26(15-21)41-19-20-6-10-38-11-7-20;3-2(4,5)1(6)7/h3-5,9,15-16,18,20H,2,6-8,10-14,17,19H2,1H3,(H,30,36)(H,32,37);(H,6,7). The topological polar surface area (TPSA) is 176 Å². The highest BCUT2D eigenvalue weighted by Gasteiger charge is 2.38. The lowest BCUT2D eigenvalue weighted by atomic mass is 10.0. The highest BCUT2D eigenvalue weighted by atomic mass is 19.4. The van der Waals surface area contributed by atoms with Crippen molar-refractivity contribution in [3.63, 3.8) is 0 Å². The van der Waals surface area contributed by atoms with Gasteiger partial charge in [-0.25, -0.2) is 18.9 Å². The Morgan fingerprint density at radius 3 is 2.48 bits per heavy atom. The number of aromatic nitrogens is 4. The Morgan fingerprint density at radius 1 is 1.04 bits per heavy atom. The molecule has 3 N–H and O–H groups in total. The molecule has 1 aliphatic heterocycles. The van der Waals surface area contributed by atoms with E-state index in [-0.39, 0.29) is 38.0 Å². The number of rotatable bonds is 15. The quantitative estimate of drug-likeness (QED) is 0.158. The second-order valence-electron chi connectivity index (χ2n) is 10.1. The number of carbonyl (C=O) groups is 3. The van der Waals surface area contributed by atoms with Crippen LogP contribution in [0, 0.1) is 5.92 Å². The van der Waals surface area contributed by atoms with Gasteiger partial charge in [-0.3, -0.25) is 9.59 Å². The maximum Gasteiger partial charge on any atom is 0.490 e. The van der Waals surface area contributed by atoms with Gasteiger partial charge in [0.15, 0.2) is 5.69 Å². The Kier molecular flexibility index (Phi) is 15.0. The van der Waals surface area contributed by atoms with Crippen LogP contribution < -0.4 is 20.1 Å². The van der Waals surface area contributed by atoms with Crippen molar-refractivity contribution in [2.75, 3.05) is 52.9 Å². The van der Waals surface area contributed by atoms with E-state index in [0.717, 1.165) is 31.6 Å². The summed E-state index contributed by atoms with van der Waals surface area (Å²) in [5.74, 6) is -2.15. The van der Waals surface area contributed by atoms with Gasteiger partial charge in [0.05, 0.1) is 26.0 Å². The normalized spacial score (nSPS) is 13.2. The summed E-state index contributed by atoms with van der Waals surface area (Å²) in [7, 11) is 0. The Morgan fingerprint density at radius 2 is 1.79 bits per heavy atom. The van der Waals surface area contributed by atoms with E-state index < -0.39 is 24.7 Å². The van der Waals surface area contributed by atoms with E-state index in [1.165, 1.54) is 10.9 Å². The zero-order chi connectivity index (χ0) is 34.9. The summed E-state index contributed by atoms with van der Waals surface area (Å²) in [5.41, 5.74) is 1.78. The van der Waals surface area contributed by atoms with Crippen LogP contribution >= 0.6 is 0 Å². The summed E-state index contributed by atoms with van der Waals surface area (Å²) in [4.78, 5) is 38.3. The Labute approximate surface area is 272 Å². The van der Waals surface area contributed by atoms with Gasteiger partial charge in [0, 0.05) is 44.1 Å². The van der Waals surface area contributed by atoms with E-state index in [4.69, 9.17) is 28.8 Å². The zero-order valence-corrected chi connectivity index (χ0v) is 26.0. The number of nitrogens with one attached hydrogen (secondary N) is 2. The number of halogens is 4. The van der Waals surface area contributed by atoms with Gasteiger partial charge in [0.1, 0.15) is 24.7 Å². The zero-order valence-electron chi connectivity index (χ0n) is 26.0. The Bertz CT molecular complexity index is 1480. The second kappa shape index (κ2) is 19.1. The fourth-order valence-electron chi connectivity index (χ4n) is 4.10. The molecule has 0 radical (unpaired) electrons. The molecule has 0 spiro atoms. The molecule has 48 heavy (non-hydrogen) atoms. The molecule has 3 heterocycles. The van der Waals surface area contributed by atoms with Crippen LogP contribution in [0.4, 0.5) is 17.6 Å². The van der Waals surface area contributed by atoms with E-state index in [1.54, 1.807) is 36.5 Å². The lowest BCUT2D eigenvalue weighted by Gasteiger charge is -2.21. The molecule has 1 aliphatic rings. The summed E-state index contributed by atoms with van der Waals surface area (Å²) < 4.78 is 67.6. The molecule has 0 bridgehead atoms. The molecular formula is C30H36F4N6O8. The van der Waals surface area contributed by atoms with Crippen LogP contribution in [0.2, 0.25) is 0 Å². The summed E-state index contributed by atoms with van der Waals surface area (Å²) >= 11 is 0. The molecule has 0 saturated carbocycles. The first kappa shape index (κ1) is 37.6. The van der Waals surface area contributed by atoms with Crippen LogP contribution in [0.1, 0.15) is 46.2 Å². The number of pyridine rings is 1. The smallest absolute Gasteiger partial charge is 0.489 e. The minimum atomic E-state index is -5.08. The van der Waals surface area contributed by atoms with E-state index in [2.05, 4.69) is 25.9 Å². The molecule has 0 unspecified atom stereocenters. The van der Waals surface area contributed by atoms with Gasteiger partial charge in [-0.1, -0.05) is 5.21 Å². The van der Waals surface area contributed by atoms with Crippen LogP contribution in [-0.4, -0.2) is 102 Å². The molecule has 1 aromatic carbocycles. The van der Waals surface area contributed by atoms with Crippen molar-refractivity contribution in [3.05, 3.63) is 59.5 Å². The maximum absolute atomic E-state index is 12.8. The summed E-state index contributed by atoms with van der Waals surface area (Å²) in [6.07, 6.45) is -0.0297. The molecule has 4 rings (SSSR count).